The van der Waals surface area contributed by atoms with Crippen molar-refractivity contribution >= 4 is 11.8 Å². The standard InChI is InChI=1S/C13H19F3N4O/c1-4-9-7-21-8(2)6-20(9)11-5-10(13(14,15)16)18-12(17-3)19-11/h5,8-9H,4,6-7H2,1-3H3,(H,17,18,19). The lowest BCUT2D eigenvalue weighted by molar-refractivity contribution is -0.141. The summed E-state index contributed by atoms with van der Waals surface area (Å²) in [5, 5.41) is 2.58. The van der Waals surface area contributed by atoms with Crippen molar-refractivity contribution in [3.63, 3.8) is 0 Å². The highest BCUT2D eigenvalue weighted by molar-refractivity contribution is 5.47. The molecular formula is C13H19F3N4O. The third-order valence-corrected chi connectivity index (χ3v) is 3.46. The van der Waals surface area contributed by atoms with Gasteiger partial charge in [-0.15, -0.1) is 0 Å². The van der Waals surface area contributed by atoms with Crippen LogP contribution in [0.2, 0.25) is 0 Å². The molecule has 1 aliphatic heterocycles. The summed E-state index contributed by atoms with van der Waals surface area (Å²) in [6, 6.07) is 1.02. The van der Waals surface area contributed by atoms with Gasteiger partial charge in [0.1, 0.15) is 5.82 Å². The summed E-state index contributed by atoms with van der Waals surface area (Å²) in [5.74, 6) is 0.248. The Morgan fingerprint density at radius 1 is 1.43 bits per heavy atom. The zero-order valence-electron chi connectivity index (χ0n) is 12.2. The summed E-state index contributed by atoms with van der Waals surface area (Å²) in [7, 11) is 1.50. The first-order valence-corrected chi connectivity index (χ1v) is 6.87. The SMILES string of the molecule is CCC1COC(C)CN1c1cc(C(F)(F)F)nc(NC)n1. The van der Waals surface area contributed by atoms with Gasteiger partial charge in [0.15, 0.2) is 5.69 Å². The van der Waals surface area contributed by atoms with Crippen molar-refractivity contribution in [3.8, 4) is 0 Å². The largest absolute Gasteiger partial charge is 0.433 e. The summed E-state index contributed by atoms with van der Waals surface area (Å²) >= 11 is 0. The predicted octanol–water partition coefficient (Wildman–Crippen LogP) is 2.54. The zero-order chi connectivity index (χ0) is 15.6. The molecule has 0 aromatic carbocycles. The number of anilines is 2. The Morgan fingerprint density at radius 3 is 2.71 bits per heavy atom. The third kappa shape index (κ3) is 3.55. The van der Waals surface area contributed by atoms with Crippen LogP contribution in [-0.2, 0) is 10.9 Å². The van der Waals surface area contributed by atoms with Gasteiger partial charge in [-0.25, -0.2) is 4.98 Å². The summed E-state index contributed by atoms with van der Waals surface area (Å²) in [4.78, 5) is 9.52. The molecule has 1 aromatic rings. The molecule has 8 heteroatoms. The van der Waals surface area contributed by atoms with Crippen molar-refractivity contribution < 1.29 is 17.9 Å². The predicted molar refractivity (Wildman–Crippen MR) is 73.4 cm³/mol. The average molecular weight is 304 g/mol. The van der Waals surface area contributed by atoms with Gasteiger partial charge in [0.2, 0.25) is 5.95 Å². The van der Waals surface area contributed by atoms with E-state index in [4.69, 9.17) is 4.74 Å². The monoisotopic (exact) mass is 304 g/mol. The Balaban J connectivity index is 2.41. The second-order valence-electron chi connectivity index (χ2n) is 5.04. The minimum absolute atomic E-state index is 0.0156. The molecule has 1 aromatic heterocycles. The second kappa shape index (κ2) is 6.05. The van der Waals surface area contributed by atoms with E-state index in [-0.39, 0.29) is 23.9 Å². The maximum absolute atomic E-state index is 12.9. The fraction of sp³-hybridized carbons (Fsp3) is 0.692. The first kappa shape index (κ1) is 15.8. The van der Waals surface area contributed by atoms with Gasteiger partial charge in [0, 0.05) is 19.7 Å². The molecular weight excluding hydrogens is 285 g/mol. The number of ether oxygens (including phenoxy) is 1. The van der Waals surface area contributed by atoms with E-state index in [0.717, 1.165) is 12.5 Å². The topological polar surface area (TPSA) is 50.3 Å². The van der Waals surface area contributed by atoms with E-state index in [9.17, 15) is 13.2 Å². The number of aromatic nitrogens is 2. The molecule has 1 N–H and O–H groups in total. The minimum atomic E-state index is -4.50. The highest BCUT2D eigenvalue weighted by atomic mass is 19.4. The molecule has 0 amide bonds. The highest BCUT2D eigenvalue weighted by Crippen LogP contribution is 2.32. The number of morpholine rings is 1. The van der Waals surface area contributed by atoms with Gasteiger partial charge in [-0.3, -0.25) is 0 Å². The number of hydrogen-bond acceptors (Lipinski definition) is 5. The number of hydrogen-bond donors (Lipinski definition) is 1. The molecule has 1 fully saturated rings. The van der Waals surface area contributed by atoms with Crippen LogP contribution < -0.4 is 10.2 Å². The molecule has 1 aliphatic rings. The maximum Gasteiger partial charge on any atom is 0.433 e. The number of halogens is 3. The van der Waals surface area contributed by atoms with E-state index in [2.05, 4.69) is 15.3 Å². The molecule has 2 rings (SSSR count). The molecule has 5 nitrogen and oxygen atoms in total. The Labute approximate surface area is 121 Å². The minimum Gasteiger partial charge on any atom is -0.375 e. The maximum atomic E-state index is 12.9. The smallest absolute Gasteiger partial charge is 0.375 e. The molecule has 1 saturated heterocycles. The molecule has 21 heavy (non-hydrogen) atoms. The van der Waals surface area contributed by atoms with E-state index >= 15 is 0 Å². The van der Waals surface area contributed by atoms with Crippen LogP contribution in [0.3, 0.4) is 0 Å². The fourth-order valence-corrected chi connectivity index (χ4v) is 2.30. The molecule has 2 atom stereocenters. The molecule has 0 saturated carbocycles. The number of alkyl halides is 3. The van der Waals surface area contributed by atoms with Crippen molar-refractivity contribution in [2.75, 3.05) is 30.4 Å². The van der Waals surface area contributed by atoms with E-state index in [1.54, 1.807) is 0 Å². The number of nitrogens with one attached hydrogen (secondary N) is 1. The van der Waals surface area contributed by atoms with Crippen LogP contribution in [0.1, 0.15) is 26.0 Å². The molecule has 0 spiro atoms. The van der Waals surface area contributed by atoms with E-state index in [0.29, 0.717) is 13.2 Å². The summed E-state index contributed by atoms with van der Waals surface area (Å²) in [6.45, 7) is 4.86. The van der Waals surface area contributed by atoms with E-state index < -0.39 is 11.9 Å². The van der Waals surface area contributed by atoms with Crippen molar-refractivity contribution in [2.45, 2.75) is 38.6 Å². The normalized spacial score (nSPS) is 23.2. The van der Waals surface area contributed by atoms with E-state index in [1.807, 2.05) is 18.7 Å². The summed E-state index contributed by atoms with van der Waals surface area (Å²) in [5.41, 5.74) is -0.939. The first-order chi connectivity index (χ1) is 9.85. The molecule has 2 unspecified atom stereocenters. The van der Waals surface area contributed by atoms with Crippen molar-refractivity contribution in [1.29, 1.82) is 0 Å². The lowest BCUT2D eigenvalue weighted by Crippen LogP contribution is -2.49. The fourth-order valence-electron chi connectivity index (χ4n) is 2.30. The molecule has 118 valence electrons. The average Bonchev–Trinajstić information content (AvgIpc) is 2.45. The van der Waals surface area contributed by atoms with Gasteiger partial charge in [-0.1, -0.05) is 6.92 Å². The van der Waals surface area contributed by atoms with Crippen LogP contribution in [0, 0.1) is 0 Å². The van der Waals surface area contributed by atoms with Crippen LogP contribution in [0.25, 0.3) is 0 Å². The van der Waals surface area contributed by atoms with Gasteiger partial charge in [0.25, 0.3) is 0 Å². The second-order valence-corrected chi connectivity index (χ2v) is 5.04. The van der Waals surface area contributed by atoms with Crippen LogP contribution in [-0.4, -0.2) is 42.3 Å². The van der Waals surface area contributed by atoms with Gasteiger partial charge in [-0.2, -0.15) is 18.2 Å². The Hall–Kier alpha value is -1.57. The van der Waals surface area contributed by atoms with Crippen molar-refractivity contribution in [1.82, 2.24) is 9.97 Å². The molecule has 0 bridgehead atoms. The molecule has 0 radical (unpaired) electrons. The zero-order valence-corrected chi connectivity index (χ0v) is 12.2. The third-order valence-electron chi connectivity index (χ3n) is 3.46. The van der Waals surface area contributed by atoms with Crippen LogP contribution in [0.15, 0.2) is 6.07 Å². The number of rotatable bonds is 3. The quantitative estimate of drug-likeness (QED) is 0.930. The van der Waals surface area contributed by atoms with Gasteiger partial charge >= 0.3 is 6.18 Å². The lowest BCUT2D eigenvalue weighted by Gasteiger charge is -2.39. The van der Waals surface area contributed by atoms with E-state index in [1.165, 1.54) is 7.05 Å². The highest BCUT2D eigenvalue weighted by Gasteiger charge is 2.35. The summed E-state index contributed by atoms with van der Waals surface area (Å²) in [6.07, 6.45) is -3.77. The Kier molecular flexibility index (Phi) is 4.55. The number of nitrogens with zero attached hydrogens (tertiary/aromatic N) is 3. The van der Waals surface area contributed by atoms with Gasteiger partial charge in [0.05, 0.1) is 18.8 Å². The summed E-state index contributed by atoms with van der Waals surface area (Å²) < 4.78 is 44.4. The Bertz CT molecular complexity index is 495. The van der Waals surface area contributed by atoms with Gasteiger partial charge in [-0.05, 0) is 13.3 Å². The van der Waals surface area contributed by atoms with Crippen molar-refractivity contribution in [3.05, 3.63) is 11.8 Å². The molecule has 0 aliphatic carbocycles. The van der Waals surface area contributed by atoms with Crippen LogP contribution in [0.4, 0.5) is 24.9 Å². The first-order valence-electron chi connectivity index (χ1n) is 6.87. The lowest BCUT2D eigenvalue weighted by atomic mass is 10.1. The van der Waals surface area contributed by atoms with Gasteiger partial charge < -0.3 is 15.0 Å². The Morgan fingerprint density at radius 2 is 2.14 bits per heavy atom. The van der Waals surface area contributed by atoms with Crippen molar-refractivity contribution in [2.24, 2.45) is 0 Å². The molecule has 2 heterocycles. The van der Waals surface area contributed by atoms with Crippen LogP contribution in [0.5, 0.6) is 0 Å². The van der Waals surface area contributed by atoms with Crippen LogP contribution >= 0.6 is 0 Å².